The third-order valence-electron chi connectivity index (χ3n) is 4.32. The zero-order valence-corrected chi connectivity index (χ0v) is 14.8. The first kappa shape index (κ1) is 20.4. The van der Waals surface area contributed by atoms with Gasteiger partial charge in [-0.25, -0.2) is 4.79 Å². The van der Waals surface area contributed by atoms with Crippen molar-refractivity contribution in [2.24, 2.45) is 0 Å². The zero-order valence-electron chi connectivity index (χ0n) is 14.8. The van der Waals surface area contributed by atoms with Gasteiger partial charge >= 0.3 is 5.97 Å². The Balaban J connectivity index is 2.19. The van der Waals surface area contributed by atoms with Gasteiger partial charge in [0.2, 0.25) is 6.29 Å². The lowest BCUT2D eigenvalue weighted by atomic mass is 9.99. The summed E-state index contributed by atoms with van der Waals surface area (Å²) in [7, 11) is 3.31. The second-order valence-electron chi connectivity index (χ2n) is 6.23. The van der Waals surface area contributed by atoms with Crippen molar-refractivity contribution in [2.45, 2.75) is 50.1 Å². The van der Waals surface area contributed by atoms with Gasteiger partial charge in [0.1, 0.15) is 18.3 Å². The summed E-state index contributed by atoms with van der Waals surface area (Å²) in [6.45, 7) is 2.03. The van der Waals surface area contributed by atoms with Crippen molar-refractivity contribution in [1.29, 1.82) is 0 Å². The number of carbonyl (C=O) groups is 1. The van der Waals surface area contributed by atoms with Gasteiger partial charge in [-0.3, -0.25) is 0 Å². The van der Waals surface area contributed by atoms with Crippen molar-refractivity contribution in [3.05, 3.63) is 23.8 Å². The third-order valence-corrected chi connectivity index (χ3v) is 4.32. The highest BCUT2D eigenvalue weighted by molar-refractivity contribution is 5.73. The van der Waals surface area contributed by atoms with Gasteiger partial charge in [0, 0.05) is 6.04 Å². The largest absolute Gasteiger partial charge is 0.493 e. The van der Waals surface area contributed by atoms with E-state index in [-0.39, 0.29) is 11.8 Å². The van der Waals surface area contributed by atoms with E-state index in [0.29, 0.717) is 5.75 Å². The number of hydrogen-bond donors (Lipinski definition) is 5. The predicted molar refractivity (Wildman–Crippen MR) is 90.2 cm³/mol. The highest BCUT2D eigenvalue weighted by Crippen LogP contribution is 2.32. The molecule has 6 atom stereocenters. The molecule has 6 unspecified atom stereocenters. The van der Waals surface area contributed by atoms with E-state index in [0.717, 1.165) is 12.0 Å². The molecule has 1 aliphatic rings. The van der Waals surface area contributed by atoms with Crippen molar-refractivity contribution in [2.75, 3.05) is 14.2 Å². The lowest BCUT2D eigenvalue weighted by Gasteiger charge is -2.38. The molecule has 146 valence electrons. The lowest BCUT2D eigenvalue weighted by Crippen LogP contribution is -2.61. The van der Waals surface area contributed by atoms with Crippen LogP contribution in [0, 0.1) is 0 Å². The van der Waals surface area contributed by atoms with Crippen molar-refractivity contribution >= 4 is 5.97 Å². The fourth-order valence-electron chi connectivity index (χ4n) is 2.67. The molecule has 1 aromatic carbocycles. The van der Waals surface area contributed by atoms with Crippen molar-refractivity contribution in [1.82, 2.24) is 5.32 Å². The molecule has 2 rings (SSSR count). The van der Waals surface area contributed by atoms with Crippen molar-refractivity contribution in [3.8, 4) is 11.5 Å². The van der Waals surface area contributed by atoms with Crippen LogP contribution in [0.3, 0.4) is 0 Å². The van der Waals surface area contributed by atoms with Crippen molar-refractivity contribution in [3.63, 3.8) is 0 Å². The summed E-state index contributed by atoms with van der Waals surface area (Å²) >= 11 is 0. The SMILES string of the molecule is CNC(C)Cc1ccc(OC2OC(C(=O)O)C(O)C(O)C2O)c(OC)c1. The molecular formula is C17H25NO8. The molecule has 9 heteroatoms. The summed E-state index contributed by atoms with van der Waals surface area (Å²) < 4.78 is 15.9. The molecule has 0 saturated carbocycles. The minimum atomic E-state index is -1.77. The number of aliphatic carboxylic acids is 1. The molecule has 1 heterocycles. The number of carboxylic acid groups (broad SMARTS) is 1. The smallest absolute Gasteiger partial charge is 0.335 e. The number of nitrogens with one attached hydrogen (secondary N) is 1. The molecule has 0 amide bonds. The highest BCUT2D eigenvalue weighted by atomic mass is 16.7. The second-order valence-corrected chi connectivity index (χ2v) is 6.23. The van der Waals surface area contributed by atoms with E-state index >= 15 is 0 Å². The summed E-state index contributed by atoms with van der Waals surface area (Å²) in [5.74, 6) is -0.889. The van der Waals surface area contributed by atoms with Crippen LogP contribution in [0.25, 0.3) is 0 Å². The van der Waals surface area contributed by atoms with Gasteiger partial charge in [-0.05, 0) is 38.1 Å². The summed E-state index contributed by atoms with van der Waals surface area (Å²) in [5, 5.41) is 41.8. The fourth-order valence-corrected chi connectivity index (χ4v) is 2.67. The Hall–Kier alpha value is -1.91. The quantitative estimate of drug-likeness (QED) is 0.413. The van der Waals surface area contributed by atoms with Crippen LogP contribution in [0.2, 0.25) is 0 Å². The van der Waals surface area contributed by atoms with Crippen LogP contribution in [-0.4, -0.2) is 77.3 Å². The number of likely N-dealkylation sites (N-methyl/N-ethyl adjacent to an activating group) is 1. The Bertz CT molecular complexity index is 625. The first-order chi connectivity index (χ1) is 12.3. The monoisotopic (exact) mass is 371 g/mol. The van der Waals surface area contributed by atoms with Crippen LogP contribution in [0.1, 0.15) is 12.5 Å². The molecule has 0 bridgehead atoms. The molecule has 1 aliphatic heterocycles. The Morgan fingerprint density at radius 3 is 2.50 bits per heavy atom. The van der Waals surface area contributed by atoms with Crippen LogP contribution in [0.15, 0.2) is 18.2 Å². The number of carboxylic acids is 1. The first-order valence-corrected chi connectivity index (χ1v) is 8.21. The van der Waals surface area contributed by atoms with Crippen LogP contribution in [0.4, 0.5) is 0 Å². The molecule has 0 spiro atoms. The number of methoxy groups -OCH3 is 1. The molecule has 1 saturated heterocycles. The zero-order chi connectivity index (χ0) is 19.4. The Labute approximate surface area is 151 Å². The first-order valence-electron chi connectivity index (χ1n) is 8.21. The number of benzene rings is 1. The average Bonchev–Trinajstić information content (AvgIpc) is 2.62. The Morgan fingerprint density at radius 2 is 1.92 bits per heavy atom. The molecular weight excluding hydrogens is 346 g/mol. The molecule has 26 heavy (non-hydrogen) atoms. The van der Waals surface area contributed by atoms with Crippen LogP contribution in [0.5, 0.6) is 11.5 Å². The number of aliphatic hydroxyl groups is 3. The van der Waals surface area contributed by atoms with Crippen molar-refractivity contribution < 1.29 is 39.4 Å². The van der Waals surface area contributed by atoms with E-state index in [9.17, 15) is 20.1 Å². The maximum Gasteiger partial charge on any atom is 0.335 e. The molecule has 0 aromatic heterocycles. The van der Waals surface area contributed by atoms with Crippen LogP contribution < -0.4 is 14.8 Å². The van der Waals surface area contributed by atoms with E-state index in [1.54, 1.807) is 18.2 Å². The highest BCUT2D eigenvalue weighted by Gasteiger charge is 2.48. The lowest BCUT2D eigenvalue weighted by molar-refractivity contribution is -0.271. The van der Waals surface area contributed by atoms with E-state index in [2.05, 4.69) is 5.32 Å². The van der Waals surface area contributed by atoms with E-state index in [4.69, 9.17) is 19.3 Å². The van der Waals surface area contributed by atoms with E-state index in [1.807, 2.05) is 14.0 Å². The summed E-state index contributed by atoms with van der Waals surface area (Å²) in [5.41, 5.74) is 0.986. The Kier molecular flexibility index (Phi) is 6.79. The molecule has 5 N–H and O–H groups in total. The predicted octanol–water partition coefficient (Wildman–Crippen LogP) is -0.883. The minimum absolute atomic E-state index is 0.213. The molecule has 1 fully saturated rings. The van der Waals surface area contributed by atoms with E-state index in [1.165, 1.54) is 7.11 Å². The summed E-state index contributed by atoms with van der Waals surface area (Å²) in [4.78, 5) is 11.1. The van der Waals surface area contributed by atoms with Gasteiger partial charge in [-0.15, -0.1) is 0 Å². The van der Waals surface area contributed by atoms with Crippen LogP contribution in [-0.2, 0) is 16.0 Å². The van der Waals surface area contributed by atoms with Gasteiger partial charge in [0.15, 0.2) is 17.6 Å². The van der Waals surface area contributed by atoms with Gasteiger partial charge in [-0.1, -0.05) is 6.07 Å². The number of rotatable bonds is 7. The molecule has 9 nitrogen and oxygen atoms in total. The van der Waals surface area contributed by atoms with Gasteiger partial charge in [0.05, 0.1) is 7.11 Å². The maximum atomic E-state index is 11.1. The van der Waals surface area contributed by atoms with E-state index < -0.39 is 36.7 Å². The second kappa shape index (κ2) is 8.65. The molecule has 1 aromatic rings. The summed E-state index contributed by atoms with van der Waals surface area (Å²) in [6, 6.07) is 5.43. The molecule has 0 aliphatic carbocycles. The normalized spacial score (nSPS) is 29.8. The number of ether oxygens (including phenoxy) is 3. The topological polar surface area (TPSA) is 138 Å². The average molecular weight is 371 g/mol. The Morgan fingerprint density at radius 1 is 1.23 bits per heavy atom. The maximum absolute atomic E-state index is 11.1. The van der Waals surface area contributed by atoms with Gasteiger partial charge in [-0.2, -0.15) is 0 Å². The minimum Gasteiger partial charge on any atom is -0.493 e. The summed E-state index contributed by atoms with van der Waals surface area (Å²) in [6.07, 6.45) is -7.58. The van der Waals surface area contributed by atoms with Gasteiger partial charge < -0.3 is 40.0 Å². The fraction of sp³-hybridized carbons (Fsp3) is 0.588. The van der Waals surface area contributed by atoms with Crippen LogP contribution >= 0.6 is 0 Å². The third kappa shape index (κ3) is 4.43. The van der Waals surface area contributed by atoms with Gasteiger partial charge in [0.25, 0.3) is 0 Å². The number of hydrogen-bond acceptors (Lipinski definition) is 8. The standard InChI is InChI=1S/C17H25NO8/c1-8(18-2)6-9-4-5-10(11(7-9)24-3)25-17-14(21)12(19)13(20)15(26-17)16(22)23/h4-5,7-8,12-15,17-21H,6H2,1-3H3,(H,22,23). The molecule has 0 radical (unpaired) electrons. The number of aliphatic hydroxyl groups excluding tert-OH is 3.